The molecule has 0 spiro atoms. The van der Waals surface area contributed by atoms with Gasteiger partial charge in [0.2, 0.25) is 5.91 Å². The predicted molar refractivity (Wildman–Crippen MR) is 60.6 cm³/mol. The van der Waals surface area contributed by atoms with Gasteiger partial charge < -0.3 is 24.1 Å². The molecule has 0 aromatic rings. The van der Waals surface area contributed by atoms with Crippen LogP contribution in [0.15, 0.2) is 5.10 Å². The molecule has 0 saturated heterocycles. The Labute approximate surface area is 120 Å². The number of hydrogen-bond acceptors (Lipinski definition) is 6. The van der Waals surface area contributed by atoms with Crippen LogP contribution in [0.25, 0.3) is 5.53 Å². The molecule has 3 N–H and O–H groups in total. The van der Waals surface area contributed by atoms with Crippen LogP contribution in [0.3, 0.4) is 0 Å². The van der Waals surface area contributed by atoms with Crippen LogP contribution in [0.4, 0.5) is 0 Å². The maximum absolute atomic E-state index is 11.3. The number of nitrogens with one attached hydrogen (secondary N) is 3. The largest absolute Gasteiger partial charge is 0.421 e. The summed E-state index contributed by atoms with van der Waals surface area (Å²) in [5, 5.41) is 4.72. The summed E-state index contributed by atoms with van der Waals surface area (Å²) in [5.41, 5.74) is 6.74. The molecule has 0 aromatic carbocycles. The summed E-state index contributed by atoms with van der Waals surface area (Å²) in [4.78, 5) is 11.3. The Bertz CT molecular complexity index is 390. The molecule has 2 atom stereocenters. The van der Waals surface area contributed by atoms with Crippen molar-refractivity contribution in [3.63, 3.8) is 0 Å². The average molecular weight is 365 g/mol. The topological polar surface area (TPSA) is 106 Å². The molecule has 1 radical (unpaired) electrons. The Morgan fingerprint density at radius 1 is 1.50 bits per heavy atom. The van der Waals surface area contributed by atoms with Crippen molar-refractivity contribution in [1.29, 1.82) is 0 Å². The van der Waals surface area contributed by atoms with Crippen molar-refractivity contribution < 1.29 is 37.8 Å². The number of amides is 1. The van der Waals surface area contributed by atoms with Crippen LogP contribution in [0, 0.1) is 11.8 Å². The van der Waals surface area contributed by atoms with Crippen molar-refractivity contribution in [1.82, 2.24) is 10.1 Å². The van der Waals surface area contributed by atoms with Gasteiger partial charge in [-0.15, -0.1) is 0 Å². The van der Waals surface area contributed by atoms with Crippen LogP contribution >= 0.6 is 0 Å². The van der Waals surface area contributed by atoms with E-state index in [0.717, 1.165) is 5.84 Å². The second kappa shape index (κ2) is 7.78. The molecule has 8 nitrogen and oxygen atoms in total. The standard InChI is InChI=1S/C8H16N5O3S.Rh/c1-5(2)7-9-12-13(10-7)4-6(3)8(14)11-17(15)16;/h5-6,13H,4H2,1-3H3,(H,9,10)(H,11,14,15,16);/q-1;. The van der Waals surface area contributed by atoms with E-state index in [4.69, 9.17) is 0 Å². The van der Waals surface area contributed by atoms with Crippen molar-refractivity contribution in [3.8, 4) is 0 Å². The quantitative estimate of drug-likeness (QED) is 0.413. The van der Waals surface area contributed by atoms with Gasteiger partial charge in [0, 0.05) is 36.3 Å². The summed E-state index contributed by atoms with van der Waals surface area (Å²) >= 11 is 0. The zero-order chi connectivity index (χ0) is 13.0. The number of carbonyl (C=O) groups is 1. The van der Waals surface area contributed by atoms with Crippen LogP contribution in [-0.2, 0) is 43.6 Å². The molecule has 0 bridgehead atoms. The SMILES string of the molecule is CC(C)C1=N[NH+](CC(C)C(=O)N[S-](=O)=O)[N-]N1.[Rh]. The van der Waals surface area contributed by atoms with Gasteiger partial charge in [0.15, 0.2) is 0 Å². The number of rotatable bonds is 5. The monoisotopic (exact) mass is 365 g/mol. The maximum Gasteiger partial charge on any atom is 0.213 e. The van der Waals surface area contributed by atoms with E-state index in [-0.39, 0.29) is 25.4 Å². The van der Waals surface area contributed by atoms with Gasteiger partial charge in [0.05, 0.1) is 5.92 Å². The van der Waals surface area contributed by atoms with Gasteiger partial charge in [-0.1, -0.05) is 18.9 Å². The van der Waals surface area contributed by atoms with Gasteiger partial charge in [-0.25, -0.2) is 0 Å². The second-order valence-corrected chi connectivity index (χ2v) is 4.77. The Morgan fingerprint density at radius 3 is 2.56 bits per heavy atom. The van der Waals surface area contributed by atoms with Gasteiger partial charge in [0.25, 0.3) is 0 Å². The van der Waals surface area contributed by atoms with Crippen LogP contribution in [0.1, 0.15) is 20.8 Å². The summed E-state index contributed by atoms with van der Waals surface area (Å²) in [5.74, 6) is -0.0764. The first-order valence-electron chi connectivity index (χ1n) is 5.21. The fourth-order valence-electron chi connectivity index (χ4n) is 1.21. The molecule has 1 aliphatic rings. The molecule has 10 heteroatoms. The van der Waals surface area contributed by atoms with E-state index in [2.05, 4.69) is 16.1 Å². The van der Waals surface area contributed by atoms with Crippen LogP contribution in [-0.4, -0.2) is 18.3 Å². The number of quaternary nitrogens is 1. The first-order valence-corrected chi connectivity index (χ1v) is 6.28. The first-order chi connectivity index (χ1) is 7.90. The minimum atomic E-state index is -2.57. The number of carbonyl (C=O) groups excluding carboxylic acids is 1. The van der Waals surface area contributed by atoms with Crippen molar-refractivity contribution in [2.45, 2.75) is 20.8 Å². The number of amidine groups is 1. The average Bonchev–Trinajstić information content (AvgIpc) is 2.65. The molecule has 1 rings (SSSR count). The molecule has 1 heterocycles. The summed E-state index contributed by atoms with van der Waals surface area (Å²) in [6, 6.07) is 0. The Hall–Kier alpha value is -0.567. The van der Waals surface area contributed by atoms with E-state index in [0.29, 0.717) is 11.7 Å². The Kier molecular flexibility index (Phi) is 7.53. The third-order valence-corrected chi connectivity index (χ3v) is 2.58. The van der Waals surface area contributed by atoms with Gasteiger partial charge >= 0.3 is 0 Å². The summed E-state index contributed by atoms with van der Waals surface area (Å²) in [6.45, 7) is 5.86. The van der Waals surface area contributed by atoms with Gasteiger partial charge in [0.1, 0.15) is 12.4 Å². The van der Waals surface area contributed by atoms with E-state index in [9.17, 15) is 13.2 Å². The molecular weight excluding hydrogens is 349 g/mol. The maximum atomic E-state index is 11.3. The fourth-order valence-corrected chi connectivity index (χ4v) is 1.58. The smallest absolute Gasteiger partial charge is 0.213 e. The molecule has 1 amide bonds. The number of hydrogen-bond donors (Lipinski definition) is 3. The molecule has 18 heavy (non-hydrogen) atoms. The van der Waals surface area contributed by atoms with Crippen molar-refractivity contribution >= 4 is 22.6 Å². The van der Waals surface area contributed by atoms with Crippen LogP contribution < -0.4 is 15.3 Å². The summed E-state index contributed by atoms with van der Waals surface area (Å²) < 4.78 is 22.4. The molecule has 0 saturated carbocycles. The normalized spacial score (nSPS) is 20.1. The molecule has 1 aliphatic heterocycles. The third kappa shape index (κ3) is 5.39. The molecule has 0 aromatic heterocycles. The van der Waals surface area contributed by atoms with E-state index in [1.807, 2.05) is 13.8 Å². The van der Waals surface area contributed by atoms with Gasteiger partial charge in [-0.3, -0.25) is 9.91 Å². The van der Waals surface area contributed by atoms with Crippen molar-refractivity contribution in [3.05, 3.63) is 5.53 Å². The minimum Gasteiger partial charge on any atom is -0.421 e. The summed E-state index contributed by atoms with van der Waals surface area (Å²) in [7, 11) is -2.57. The third-order valence-electron chi connectivity index (χ3n) is 2.22. The second-order valence-electron chi connectivity index (χ2n) is 4.10. The molecule has 2 unspecified atom stereocenters. The van der Waals surface area contributed by atoms with E-state index in [1.165, 1.54) is 0 Å². The Balaban J connectivity index is 0.00000289. The zero-order valence-corrected chi connectivity index (χ0v) is 12.7. The molecule has 0 fully saturated rings. The molecular formula is C8H16N5O3RhS-. The van der Waals surface area contributed by atoms with Gasteiger partial charge in [-0.2, -0.15) is 0 Å². The predicted octanol–water partition coefficient (Wildman–Crippen LogP) is -1.38. The minimum absolute atomic E-state index is 0. The molecule has 107 valence electrons. The molecule has 0 aliphatic carbocycles. The van der Waals surface area contributed by atoms with Crippen LogP contribution in [0.5, 0.6) is 0 Å². The van der Waals surface area contributed by atoms with Crippen molar-refractivity contribution in [2.24, 2.45) is 16.9 Å². The summed E-state index contributed by atoms with van der Waals surface area (Å²) in [6.07, 6.45) is 0. The van der Waals surface area contributed by atoms with E-state index in [1.54, 1.807) is 11.6 Å². The van der Waals surface area contributed by atoms with Gasteiger partial charge in [-0.05, 0) is 6.92 Å². The van der Waals surface area contributed by atoms with Crippen LogP contribution in [0.2, 0.25) is 0 Å². The zero-order valence-electron chi connectivity index (χ0n) is 10.2. The first kappa shape index (κ1) is 17.4. The Morgan fingerprint density at radius 2 is 2.11 bits per heavy atom. The fraction of sp³-hybridized carbons (Fsp3) is 0.750. The number of nitrogens with zero attached hydrogens (tertiary/aromatic N) is 2. The van der Waals surface area contributed by atoms with Crippen molar-refractivity contribution in [2.75, 3.05) is 6.54 Å². The van der Waals surface area contributed by atoms with E-state index < -0.39 is 22.7 Å². The van der Waals surface area contributed by atoms with E-state index >= 15 is 0 Å².